The fourth-order valence-corrected chi connectivity index (χ4v) is 3.15. The lowest BCUT2D eigenvalue weighted by atomic mass is 9.95. The highest BCUT2D eigenvalue weighted by Gasteiger charge is 2.31. The highest BCUT2D eigenvalue weighted by Crippen LogP contribution is 2.31. The van der Waals surface area contributed by atoms with Crippen molar-refractivity contribution < 1.29 is 14.3 Å². The van der Waals surface area contributed by atoms with E-state index >= 15 is 0 Å². The first-order chi connectivity index (χ1) is 12.9. The van der Waals surface area contributed by atoms with Crippen molar-refractivity contribution in [2.45, 2.75) is 13.0 Å². The molecule has 0 spiro atoms. The predicted molar refractivity (Wildman–Crippen MR) is 105 cm³/mol. The number of nitrogens with one attached hydrogen (secondary N) is 3. The van der Waals surface area contributed by atoms with E-state index in [-0.39, 0.29) is 11.9 Å². The number of methoxy groups -OCH3 is 1. The van der Waals surface area contributed by atoms with Crippen molar-refractivity contribution in [3.05, 3.63) is 69.3 Å². The Hall–Kier alpha value is -2.70. The van der Waals surface area contributed by atoms with Crippen LogP contribution >= 0.6 is 23.2 Å². The lowest BCUT2D eigenvalue weighted by Crippen LogP contribution is -2.45. The summed E-state index contributed by atoms with van der Waals surface area (Å²) in [5.41, 5.74) is 2.05. The second kappa shape index (κ2) is 7.90. The molecule has 1 aliphatic heterocycles. The van der Waals surface area contributed by atoms with Gasteiger partial charge >= 0.3 is 6.03 Å². The van der Waals surface area contributed by atoms with Gasteiger partial charge in [0.25, 0.3) is 5.91 Å². The zero-order chi connectivity index (χ0) is 19.6. The van der Waals surface area contributed by atoms with E-state index in [1.165, 1.54) is 7.11 Å². The van der Waals surface area contributed by atoms with Gasteiger partial charge in [-0.1, -0.05) is 35.3 Å². The van der Waals surface area contributed by atoms with Crippen molar-refractivity contribution >= 4 is 40.8 Å². The van der Waals surface area contributed by atoms with Crippen LogP contribution in [0.2, 0.25) is 10.0 Å². The second-order valence-electron chi connectivity index (χ2n) is 5.92. The van der Waals surface area contributed by atoms with Crippen LogP contribution in [0.3, 0.4) is 0 Å². The van der Waals surface area contributed by atoms with Gasteiger partial charge in [0.1, 0.15) is 5.75 Å². The number of halogens is 2. The second-order valence-corrected chi connectivity index (χ2v) is 6.79. The number of urea groups is 1. The van der Waals surface area contributed by atoms with Crippen LogP contribution in [0.15, 0.2) is 53.7 Å². The van der Waals surface area contributed by atoms with E-state index < -0.39 is 6.04 Å². The van der Waals surface area contributed by atoms with Crippen LogP contribution in [-0.4, -0.2) is 19.0 Å². The quantitative estimate of drug-likeness (QED) is 0.710. The Bertz CT molecular complexity index is 926. The third-order valence-corrected chi connectivity index (χ3v) is 4.62. The van der Waals surface area contributed by atoms with Gasteiger partial charge in [-0.2, -0.15) is 0 Å². The summed E-state index contributed by atoms with van der Waals surface area (Å²) in [6, 6.07) is 10.9. The minimum atomic E-state index is -0.616. The van der Waals surface area contributed by atoms with E-state index in [9.17, 15) is 9.59 Å². The van der Waals surface area contributed by atoms with Crippen molar-refractivity contribution in [1.82, 2.24) is 10.6 Å². The smallest absolute Gasteiger partial charge is 0.319 e. The Morgan fingerprint density at radius 2 is 1.78 bits per heavy atom. The summed E-state index contributed by atoms with van der Waals surface area (Å²) in [4.78, 5) is 25.0. The van der Waals surface area contributed by atoms with Crippen LogP contribution < -0.4 is 20.7 Å². The van der Waals surface area contributed by atoms with Crippen LogP contribution in [0.5, 0.6) is 5.75 Å². The molecule has 1 unspecified atom stereocenters. The van der Waals surface area contributed by atoms with Gasteiger partial charge < -0.3 is 20.7 Å². The molecule has 0 aliphatic carbocycles. The van der Waals surface area contributed by atoms with Gasteiger partial charge in [-0.15, -0.1) is 0 Å². The van der Waals surface area contributed by atoms with E-state index in [1.54, 1.807) is 49.4 Å². The monoisotopic (exact) mass is 405 g/mol. The van der Waals surface area contributed by atoms with Crippen molar-refractivity contribution in [1.29, 1.82) is 0 Å². The molecule has 6 nitrogen and oxygen atoms in total. The molecule has 2 aromatic rings. The number of hydrogen-bond donors (Lipinski definition) is 3. The lowest BCUT2D eigenvalue weighted by molar-refractivity contribution is -0.113. The molecule has 0 fully saturated rings. The third kappa shape index (κ3) is 4.18. The number of anilines is 1. The number of carbonyl (C=O) groups excluding carboxylic acids is 2. The molecule has 1 aliphatic rings. The number of rotatable bonds is 4. The Labute approximate surface area is 166 Å². The number of ether oxygens (including phenoxy) is 1. The van der Waals surface area contributed by atoms with Gasteiger partial charge in [0, 0.05) is 21.8 Å². The van der Waals surface area contributed by atoms with Crippen LogP contribution in [0.4, 0.5) is 10.5 Å². The average molecular weight is 406 g/mol. The van der Waals surface area contributed by atoms with Gasteiger partial charge in [-0.25, -0.2) is 4.79 Å². The first-order valence-electron chi connectivity index (χ1n) is 8.07. The largest absolute Gasteiger partial charge is 0.495 e. The van der Waals surface area contributed by atoms with Crippen molar-refractivity contribution in [2.75, 3.05) is 12.4 Å². The first-order valence-corrected chi connectivity index (χ1v) is 8.83. The molecule has 3 rings (SSSR count). The van der Waals surface area contributed by atoms with Gasteiger partial charge in [0.2, 0.25) is 0 Å². The molecule has 140 valence electrons. The van der Waals surface area contributed by atoms with Crippen LogP contribution in [0.1, 0.15) is 18.5 Å². The Balaban J connectivity index is 1.95. The molecule has 2 aromatic carbocycles. The lowest BCUT2D eigenvalue weighted by Gasteiger charge is -2.28. The molecular formula is C19H17Cl2N3O3. The Morgan fingerprint density at radius 3 is 2.44 bits per heavy atom. The normalized spacial score (nSPS) is 16.4. The van der Waals surface area contributed by atoms with E-state index in [4.69, 9.17) is 27.9 Å². The first kappa shape index (κ1) is 19.1. The van der Waals surface area contributed by atoms with Gasteiger partial charge in [0.15, 0.2) is 0 Å². The van der Waals surface area contributed by atoms with Gasteiger partial charge in [0.05, 0.1) is 24.4 Å². The Kier molecular flexibility index (Phi) is 5.58. The van der Waals surface area contributed by atoms with Crippen LogP contribution in [0, 0.1) is 0 Å². The van der Waals surface area contributed by atoms with Crippen molar-refractivity contribution in [2.24, 2.45) is 0 Å². The topological polar surface area (TPSA) is 79.5 Å². The molecule has 0 radical (unpaired) electrons. The van der Waals surface area contributed by atoms with Crippen molar-refractivity contribution in [3.63, 3.8) is 0 Å². The molecule has 1 heterocycles. The number of hydrogen-bond acceptors (Lipinski definition) is 3. The fraction of sp³-hybridized carbons (Fsp3) is 0.158. The minimum Gasteiger partial charge on any atom is -0.495 e. The number of amides is 3. The molecule has 3 N–H and O–H groups in total. The number of benzene rings is 2. The SMILES string of the molecule is COc1cc(Cl)ccc1NC(=O)C1=C(C)NC(=O)NC1c1ccc(Cl)cc1. The highest BCUT2D eigenvalue weighted by atomic mass is 35.5. The number of carbonyl (C=O) groups is 2. The highest BCUT2D eigenvalue weighted by molar-refractivity contribution is 6.31. The van der Waals surface area contributed by atoms with E-state index in [2.05, 4.69) is 16.0 Å². The van der Waals surface area contributed by atoms with Crippen LogP contribution in [-0.2, 0) is 4.79 Å². The fourth-order valence-electron chi connectivity index (χ4n) is 2.86. The molecule has 27 heavy (non-hydrogen) atoms. The molecular weight excluding hydrogens is 389 g/mol. The van der Waals surface area contributed by atoms with Gasteiger partial charge in [-0.3, -0.25) is 4.79 Å². The van der Waals surface area contributed by atoms with Crippen molar-refractivity contribution in [3.8, 4) is 5.75 Å². The Morgan fingerprint density at radius 1 is 1.11 bits per heavy atom. The number of allylic oxidation sites excluding steroid dienone is 1. The zero-order valence-electron chi connectivity index (χ0n) is 14.6. The average Bonchev–Trinajstić information content (AvgIpc) is 2.63. The summed E-state index contributed by atoms with van der Waals surface area (Å²) in [5, 5.41) is 9.28. The molecule has 1 atom stereocenters. The maximum atomic E-state index is 13.0. The summed E-state index contributed by atoms with van der Waals surface area (Å²) in [5.74, 6) is 0.0607. The summed E-state index contributed by atoms with van der Waals surface area (Å²) in [6.07, 6.45) is 0. The molecule has 0 saturated heterocycles. The summed E-state index contributed by atoms with van der Waals surface area (Å²) in [6.45, 7) is 1.68. The van der Waals surface area contributed by atoms with E-state index in [0.717, 1.165) is 5.56 Å². The standard InChI is InChI=1S/C19H17Cl2N3O3/c1-10-16(18(25)23-14-8-7-13(21)9-15(14)27-2)17(24-19(26)22-10)11-3-5-12(20)6-4-11/h3-9,17H,1-2H3,(H,23,25)(H2,22,24,26). The molecule has 0 bridgehead atoms. The van der Waals surface area contributed by atoms with Gasteiger partial charge in [-0.05, 0) is 36.8 Å². The molecule has 0 saturated carbocycles. The maximum absolute atomic E-state index is 13.0. The summed E-state index contributed by atoms with van der Waals surface area (Å²) in [7, 11) is 1.49. The minimum absolute atomic E-state index is 0.374. The van der Waals surface area contributed by atoms with Crippen LogP contribution in [0.25, 0.3) is 0 Å². The third-order valence-electron chi connectivity index (χ3n) is 4.13. The summed E-state index contributed by atoms with van der Waals surface area (Å²) < 4.78 is 5.27. The molecule has 8 heteroatoms. The maximum Gasteiger partial charge on any atom is 0.319 e. The summed E-state index contributed by atoms with van der Waals surface area (Å²) >= 11 is 11.9. The molecule has 3 amide bonds. The van der Waals surface area contributed by atoms with E-state index in [0.29, 0.717) is 32.8 Å². The van der Waals surface area contributed by atoms with E-state index in [1.807, 2.05) is 0 Å². The predicted octanol–water partition coefficient (Wildman–Crippen LogP) is 4.27. The zero-order valence-corrected chi connectivity index (χ0v) is 16.1. The molecule has 0 aromatic heterocycles.